The maximum atomic E-state index is 11.7. The predicted octanol–water partition coefficient (Wildman–Crippen LogP) is 3.25. The van der Waals surface area contributed by atoms with Crippen LogP contribution in [0, 0.1) is 0 Å². The normalized spacial score (nSPS) is 10.3. The van der Waals surface area contributed by atoms with E-state index in [9.17, 15) is 4.79 Å². The Morgan fingerprint density at radius 1 is 1.00 bits per heavy atom. The van der Waals surface area contributed by atoms with Gasteiger partial charge in [-0.15, -0.1) is 0 Å². The third kappa shape index (κ3) is 5.67. The third-order valence-electron chi connectivity index (χ3n) is 3.55. The van der Waals surface area contributed by atoms with E-state index in [0.29, 0.717) is 36.8 Å². The largest absolute Gasteiger partial charge is 0.490 e. The predicted molar refractivity (Wildman–Crippen MR) is 99.9 cm³/mol. The van der Waals surface area contributed by atoms with Crippen molar-refractivity contribution in [2.45, 2.75) is 20.4 Å². The number of anilines is 1. The molecule has 0 saturated heterocycles. The number of esters is 1. The number of aliphatic hydroxyl groups is 1. The van der Waals surface area contributed by atoms with E-state index in [1.165, 1.54) is 0 Å². The lowest BCUT2D eigenvalue weighted by molar-refractivity contribution is 0.0526. The lowest BCUT2D eigenvalue weighted by Crippen LogP contribution is -2.06. The van der Waals surface area contributed by atoms with Crippen LogP contribution in [0.4, 0.5) is 5.69 Å². The van der Waals surface area contributed by atoms with Gasteiger partial charge in [-0.1, -0.05) is 6.07 Å². The van der Waals surface area contributed by atoms with Gasteiger partial charge in [0.1, 0.15) is 6.61 Å². The van der Waals surface area contributed by atoms with Gasteiger partial charge in [0, 0.05) is 12.2 Å². The van der Waals surface area contributed by atoms with Gasteiger partial charge in [0.15, 0.2) is 11.5 Å². The molecule has 0 saturated carbocycles. The van der Waals surface area contributed by atoms with Crippen molar-refractivity contribution in [1.29, 1.82) is 0 Å². The zero-order valence-corrected chi connectivity index (χ0v) is 15.2. The Labute approximate surface area is 153 Å². The van der Waals surface area contributed by atoms with Crippen molar-refractivity contribution in [3.8, 4) is 11.5 Å². The SMILES string of the molecule is CCOC(=O)c1ccc(NCc2ccc(OCCO)c(OCC)c2)cc1. The summed E-state index contributed by atoms with van der Waals surface area (Å²) in [5.74, 6) is 0.945. The van der Waals surface area contributed by atoms with Crippen LogP contribution in [0.1, 0.15) is 29.8 Å². The minimum atomic E-state index is -0.320. The molecule has 0 aliphatic rings. The van der Waals surface area contributed by atoms with Crippen LogP contribution in [0.3, 0.4) is 0 Å². The molecule has 0 fully saturated rings. The molecule has 0 unspecified atom stereocenters. The Balaban J connectivity index is 2.00. The molecule has 0 radical (unpaired) electrons. The molecule has 2 aromatic rings. The summed E-state index contributed by atoms with van der Waals surface area (Å²) < 4.78 is 16.1. The highest BCUT2D eigenvalue weighted by Crippen LogP contribution is 2.28. The van der Waals surface area contributed by atoms with E-state index in [0.717, 1.165) is 11.3 Å². The third-order valence-corrected chi connectivity index (χ3v) is 3.55. The zero-order valence-electron chi connectivity index (χ0n) is 15.2. The maximum Gasteiger partial charge on any atom is 0.338 e. The Morgan fingerprint density at radius 2 is 1.77 bits per heavy atom. The summed E-state index contributed by atoms with van der Waals surface area (Å²) in [6.07, 6.45) is 0. The Hall–Kier alpha value is -2.73. The highest BCUT2D eigenvalue weighted by Gasteiger charge is 2.08. The summed E-state index contributed by atoms with van der Waals surface area (Å²) in [7, 11) is 0. The number of rotatable bonds is 10. The summed E-state index contributed by atoms with van der Waals surface area (Å²) in [6.45, 7) is 5.36. The first-order valence-electron chi connectivity index (χ1n) is 8.68. The molecule has 0 amide bonds. The fourth-order valence-corrected chi connectivity index (χ4v) is 2.35. The highest BCUT2D eigenvalue weighted by molar-refractivity contribution is 5.89. The fraction of sp³-hybridized carbons (Fsp3) is 0.350. The molecule has 0 aliphatic heterocycles. The molecule has 0 atom stereocenters. The standard InChI is InChI=1S/C20H25NO5/c1-3-24-19-13-15(5-10-18(19)26-12-11-22)14-21-17-8-6-16(7-9-17)20(23)25-4-2/h5-10,13,21-22H,3-4,11-12,14H2,1-2H3. The molecule has 0 aromatic heterocycles. The van der Waals surface area contributed by atoms with Crippen LogP contribution in [-0.4, -0.2) is 37.5 Å². The number of nitrogens with one attached hydrogen (secondary N) is 1. The molecular formula is C20H25NO5. The Kier molecular flexibility index (Phi) is 7.76. The van der Waals surface area contributed by atoms with Crippen molar-refractivity contribution in [3.63, 3.8) is 0 Å². The monoisotopic (exact) mass is 359 g/mol. The molecule has 140 valence electrons. The fourth-order valence-electron chi connectivity index (χ4n) is 2.35. The summed E-state index contributed by atoms with van der Waals surface area (Å²) in [4.78, 5) is 11.7. The minimum absolute atomic E-state index is 0.0450. The number of carbonyl (C=O) groups is 1. The van der Waals surface area contributed by atoms with Gasteiger partial charge in [-0.25, -0.2) is 4.79 Å². The average Bonchev–Trinajstić information content (AvgIpc) is 2.66. The van der Waals surface area contributed by atoms with Gasteiger partial charge in [0.2, 0.25) is 0 Å². The second-order valence-electron chi connectivity index (χ2n) is 5.44. The number of ether oxygens (including phenoxy) is 3. The smallest absolute Gasteiger partial charge is 0.338 e. The Morgan fingerprint density at radius 3 is 2.42 bits per heavy atom. The minimum Gasteiger partial charge on any atom is -0.490 e. The van der Waals surface area contributed by atoms with Crippen molar-refractivity contribution in [1.82, 2.24) is 0 Å². The van der Waals surface area contributed by atoms with Crippen LogP contribution in [0.2, 0.25) is 0 Å². The van der Waals surface area contributed by atoms with Crippen molar-refractivity contribution in [2.75, 3.05) is 31.7 Å². The van der Waals surface area contributed by atoms with Gasteiger partial charge in [-0.05, 0) is 55.8 Å². The lowest BCUT2D eigenvalue weighted by atomic mass is 10.1. The average molecular weight is 359 g/mol. The van der Waals surface area contributed by atoms with Crippen molar-refractivity contribution in [3.05, 3.63) is 53.6 Å². The van der Waals surface area contributed by atoms with E-state index in [1.807, 2.05) is 37.3 Å². The van der Waals surface area contributed by atoms with Gasteiger partial charge in [-0.2, -0.15) is 0 Å². The molecule has 0 aliphatic carbocycles. The van der Waals surface area contributed by atoms with E-state index in [4.69, 9.17) is 19.3 Å². The second-order valence-corrected chi connectivity index (χ2v) is 5.44. The maximum absolute atomic E-state index is 11.7. The molecule has 6 heteroatoms. The van der Waals surface area contributed by atoms with Gasteiger partial charge < -0.3 is 24.6 Å². The molecule has 26 heavy (non-hydrogen) atoms. The number of hydrogen-bond acceptors (Lipinski definition) is 6. The van der Waals surface area contributed by atoms with E-state index in [1.54, 1.807) is 19.1 Å². The molecule has 0 heterocycles. The van der Waals surface area contributed by atoms with Crippen LogP contribution in [-0.2, 0) is 11.3 Å². The Bertz CT molecular complexity index is 700. The van der Waals surface area contributed by atoms with Gasteiger partial charge in [0.25, 0.3) is 0 Å². The summed E-state index contributed by atoms with van der Waals surface area (Å²) in [6, 6.07) is 12.8. The van der Waals surface area contributed by atoms with Crippen LogP contribution >= 0.6 is 0 Å². The van der Waals surface area contributed by atoms with Crippen LogP contribution < -0.4 is 14.8 Å². The summed E-state index contributed by atoms with van der Waals surface area (Å²) in [5.41, 5.74) is 2.46. The van der Waals surface area contributed by atoms with Gasteiger partial charge in [0.05, 0.1) is 25.4 Å². The number of carbonyl (C=O) groups excluding carboxylic acids is 1. The van der Waals surface area contributed by atoms with Crippen LogP contribution in [0.25, 0.3) is 0 Å². The van der Waals surface area contributed by atoms with Crippen LogP contribution in [0.15, 0.2) is 42.5 Å². The molecule has 2 rings (SSSR count). The number of benzene rings is 2. The summed E-state index contributed by atoms with van der Waals surface area (Å²) in [5, 5.41) is 12.2. The first kappa shape index (κ1) is 19.6. The first-order valence-corrected chi connectivity index (χ1v) is 8.68. The number of aliphatic hydroxyl groups excluding tert-OH is 1. The quantitative estimate of drug-likeness (QED) is 0.634. The molecular weight excluding hydrogens is 334 g/mol. The topological polar surface area (TPSA) is 77.0 Å². The van der Waals surface area contributed by atoms with Gasteiger partial charge >= 0.3 is 5.97 Å². The van der Waals surface area contributed by atoms with Crippen molar-refractivity contribution >= 4 is 11.7 Å². The molecule has 0 spiro atoms. The van der Waals surface area contributed by atoms with E-state index in [-0.39, 0.29) is 19.2 Å². The number of hydrogen-bond donors (Lipinski definition) is 2. The van der Waals surface area contributed by atoms with Crippen molar-refractivity contribution in [2.24, 2.45) is 0 Å². The zero-order chi connectivity index (χ0) is 18.8. The van der Waals surface area contributed by atoms with Crippen LogP contribution in [0.5, 0.6) is 11.5 Å². The first-order chi connectivity index (χ1) is 12.7. The molecule has 2 N–H and O–H groups in total. The van der Waals surface area contributed by atoms with E-state index < -0.39 is 0 Å². The lowest BCUT2D eigenvalue weighted by Gasteiger charge is -2.13. The second kappa shape index (κ2) is 10.3. The molecule has 6 nitrogen and oxygen atoms in total. The van der Waals surface area contributed by atoms with Crippen molar-refractivity contribution < 1.29 is 24.1 Å². The molecule has 2 aromatic carbocycles. The summed E-state index contributed by atoms with van der Waals surface area (Å²) >= 11 is 0. The van der Waals surface area contributed by atoms with Gasteiger partial charge in [-0.3, -0.25) is 0 Å². The van der Waals surface area contributed by atoms with E-state index in [2.05, 4.69) is 5.32 Å². The molecule has 0 bridgehead atoms. The highest BCUT2D eigenvalue weighted by atomic mass is 16.5. The van der Waals surface area contributed by atoms with E-state index >= 15 is 0 Å².